The zero-order chi connectivity index (χ0) is 12.2. The Balaban J connectivity index is 1.79. The molecule has 0 aliphatic rings. The van der Waals surface area contributed by atoms with Crippen molar-refractivity contribution in [2.75, 3.05) is 0 Å². The van der Waals surface area contributed by atoms with E-state index in [1.165, 1.54) is 0 Å². The second-order valence-corrected chi connectivity index (χ2v) is 3.95. The Morgan fingerprint density at radius 2 is 1.56 bits per heavy atom. The minimum atomic E-state index is 0.432. The molecule has 3 aromatic rings. The van der Waals surface area contributed by atoms with Crippen LogP contribution in [-0.4, -0.2) is 9.97 Å². The first-order valence-corrected chi connectivity index (χ1v) is 5.80. The summed E-state index contributed by atoms with van der Waals surface area (Å²) in [6.07, 6.45) is 1.76. The number of fused-ring (bicyclic) bond motifs is 1. The van der Waals surface area contributed by atoms with Gasteiger partial charge in [-0.25, -0.2) is 4.98 Å². The maximum absolute atomic E-state index is 5.64. The molecule has 3 nitrogen and oxygen atoms in total. The highest BCUT2D eigenvalue weighted by Crippen LogP contribution is 2.12. The lowest BCUT2D eigenvalue weighted by atomic mass is 10.3. The molecule has 0 bridgehead atoms. The van der Waals surface area contributed by atoms with Gasteiger partial charge in [0.25, 0.3) is 0 Å². The van der Waals surface area contributed by atoms with Crippen molar-refractivity contribution < 1.29 is 4.74 Å². The predicted molar refractivity (Wildman–Crippen MR) is 70.3 cm³/mol. The van der Waals surface area contributed by atoms with E-state index in [4.69, 9.17) is 4.74 Å². The molecule has 1 heterocycles. The van der Waals surface area contributed by atoms with E-state index in [1.54, 1.807) is 6.20 Å². The second kappa shape index (κ2) is 4.84. The normalized spacial score (nSPS) is 10.4. The zero-order valence-electron chi connectivity index (χ0n) is 9.78. The molecule has 0 saturated carbocycles. The third kappa shape index (κ3) is 2.30. The third-order valence-corrected chi connectivity index (χ3v) is 2.63. The first kappa shape index (κ1) is 10.7. The second-order valence-electron chi connectivity index (χ2n) is 3.95. The number of para-hydroxylation sites is 3. The Kier molecular flexibility index (Phi) is 2.88. The monoisotopic (exact) mass is 236 g/mol. The molecule has 0 aliphatic carbocycles. The summed E-state index contributed by atoms with van der Waals surface area (Å²) < 4.78 is 5.64. The van der Waals surface area contributed by atoms with Crippen molar-refractivity contribution in [1.82, 2.24) is 9.97 Å². The first-order chi connectivity index (χ1) is 8.92. The van der Waals surface area contributed by atoms with Gasteiger partial charge in [-0.05, 0) is 24.3 Å². The zero-order valence-corrected chi connectivity index (χ0v) is 9.78. The van der Waals surface area contributed by atoms with Gasteiger partial charge in [0.2, 0.25) is 0 Å². The highest BCUT2D eigenvalue weighted by molar-refractivity contribution is 5.73. The predicted octanol–water partition coefficient (Wildman–Crippen LogP) is 3.21. The summed E-state index contributed by atoms with van der Waals surface area (Å²) in [5.41, 5.74) is 2.63. The molecule has 0 spiro atoms. The molecule has 2 aromatic carbocycles. The largest absolute Gasteiger partial charge is 0.487 e. The van der Waals surface area contributed by atoms with Gasteiger partial charge in [-0.1, -0.05) is 30.3 Å². The fourth-order valence-corrected chi connectivity index (χ4v) is 1.74. The molecule has 0 saturated heterocycles. The summed E-state index contributed by atoms with van der Waals surface area (Å²) in [5, 5.41) is 0. The Morgan fingerprint density at radius 3 is 2.39 bits per heavy atom. The van der Waals surface area contributed by atoms with Crippen LogP contribution in [0, 0.1) is 0 Å². The van der Waals surface area contributed by atoms with Crippen molar-refractivity contribution in [1.29, 1.82) is 0 Å². The summed E-state index contributed by atoms with van der Waals surface area (Å²) in [6, 6.07) is 17.5. The van der Waals surface area contributed by atoms with Gasteiger partial charge in [0, 0.05) is 0 Å². The van der Waals surface area contributed by atoms with Crippen LogP contribution in [0.3, 0.4) is 0 Å². The van der Waals surface area contributed by atoms with Gasteiger partial charge >= 0.3 is 0 Å². The Labute approximate surface area is 105 Å². The number of hydrogen-bond acceptors (Lipinski definition) is 3. The van der Waals surface area contributed by atoms with E-state index in [0.717, 1.165) is 22.5 Å². The number of hydrogen-bond donors (Lipinski definition) is 0. The molecule has 0 unspecified atom stereocenters. The fourth-order valence-electron chi connectivity index (χ4n) is 1.74. The molecule has 1 aromatic heterocycles. The van der Waals surface area contributed by atoms with Crippen molar-refractivity contribution in [3.8, 4) is 5.75 Å². The smallest absolute Gasteiger partial charge is 0.132 e. The topological polar surface area (TPSA) is 35.0 Å². The highest BCUT2D eigenvalue weighted by atomic mass is 16.5. The van der Waals surface area contributed by atoms with Gasteiger partial charge in [-0.15, -0.1) is 0 Å². The molecule has 18 heavy (non-hydrogen) atoms. The van der Waals surface area contributed by atoms with Crippen molar-refractivity contribution in [2.45, 2.75) is 6.61 Å². The maximum Gasteiger partial charge on any atom is 0.132 e. The fraction of sp³-hybridized carbons (Fsp3) is 0.0667. The van der Waals surface area contributed by atoms with Gasteiger partial charge in [-0.3, -0.25) is 4.98 Å². The molecule has 0 radical (unpaired) electrons. The summed E-state index contributed by atoms with van der Waals surface area (Å²) >= 11 is 0. The minimum absolute atomic E-state index is 0.432. The Hall–Kier alpha value is -2.42. The van der Waals surface area contributed by atoms with Crippen molar-refractivity contribution >= 4 is 11.0 Å². The maximum atomic E-state index is 5.64. The van der Waals surface area contributed by atoms with Gasteiger partial charge < -0.3 is 4.74 Å². The quantitative estimate of drug-likeness (QED) is 0.700. The summed E-state index contributed by atoms with van der Waals surface area (Å²) in [6.45, 7) is 0.432. The molecule has 88 valence electrons. The van der Waals surface area contributed by atoms with Gasteiger partial charge in [0.05, 0.1) is 22.9 Å². The standard InChI is InChI=1S/C15H12N2O/c1-2-6-13(7-3-1)18-11-12-10-16-14-8-4-5-9-15(14)17-12/h1-10H,11H2. The molecule has 0 N–H and O–H groups in total. The highest BCUT2D eigenvalue weighted by Gasteiger charge is 2.00. The van der Waals surface area contributed by atoms with Crippen LogP contribution in [0.15, 0.2) is 60.8 Å². The van der Waals surface area contributed by atoms with E-state index in [1.807, 2.05) is 54.6 Å². The van der Waals surface area contributed by atoms with Crippen molar-refractivity contribution in [3.05, 3.63) is 66.5 Å². The van der Waals surface area contributed by atoms with E-state index >= 15 is 0 Å². The number of rotatable bonds is 3. The van der Waals surface area contributed by atoms with Crippen LogP contribution < -0.4 is 4.74 Å². The summed E-state index contributed by atoms with van der Waals surface area (Å²) in [4.78, 5) is 8.85. The minimum Gasteiger partial charge on any atom is -0.487 e. The van der Waals surface area contributed by atoms with Crippen LogP contribution in [0.4, 0.5) is 0 Å². The van der Waals surface area contributed by atoms with Crippen LogP contribution >= 0.6 is 0 Å². The lowest BCUT2D eigenvalue weighted by Gasteiger charge is -2.05. The van der Waals surface area contributed by atoms with E-state index in [9.17, 15) is 0 Å². The molecule has 3 rings (SSSR count). The molecule has 0 fully saturated rings. The lowest BCUT2D eigenvalue weighted by molar-refractivity contribution is 0.301. The molecule has 0 atom stereocenters. The Bertz CT molecular complexity index is 653. The van der Waals surface area contributed by atoms with E-state index < -0.39 is 0 Å². The molecule has 3 heteroatoms. The van der Waals surface area contributed by atoms with Gasteiger partial charge in [0.1, 0.15) is 12.4 Å². The van der Waals surface area contributed by atoms with Crippen molar-refractivity contribution in [2.24, 2.45) is 0 Å². The van der Waals surface area contributed by atoms with E-state index in [2.05, 4.69) is 9.97 Å². The van der Waals surface area contributed by atoms with Crippen LogP contribution in [-0.2, 0) is 6.61 Å². The van der Waals surface area contributed by atoms with E-state index in [0.29, 0.717) is 6.61 Å². The average molecular weight is 236 g/mol. The van der Waals surface area contributed by atoms with Gasteiger partial charge in [0.15, 0.2) is 0 Å². The average Bonchev–Trinajstić information content (AvgIpc) is 2.46. The summed E-state index contributed by atoms with van der Waals surface area (Å²) in [7, 11) is 0. The van der Waals surface area contributed by atoms with Crippen LogP contribution in [0.25, 0.3) is 11.0 Å². The first-order valence-electron chi connectivity index (χ1n) is 5.80. The van der Waals surface area contributed by atoms with Crippen LogP contribution in [0.2, 0.25) is 0 Å². The number of benzene rings is 2. The summed E-state index contributed by atoms with van der Waals surface area (Å²) in [5.74, 6) is 0.840. The molecular weight excluding hydrogens is 224 g/mol. The molecule has 0 amide bonds. The molecular formula is C15H12N2O. The third-order valence-electron chi connectivity index (χ3n) is 2.63. The number of nitrogens with zero attached hydrogens (tertiary/aromatic N) is 2. The number of ether oxygens (including phenoxy) is 1. The van der Waals surface area contributed by atoms with Crippen LogP contribution in [0.5, 0.6) is 5.75 Å². The van der Waals surface area contributed by atoms with Gasteiger partial charge in [-0.2, -0.15) is 0 Å². The molecule has 0 aliphatic heterocycles. The lowest BCUT2D eigenvalue weighted by Crippen LogP contribution is -1.99. The number of aromatic nitrogens is 2. The van der Waals surface area contributed by atoms with Crippen molar-refractivity contribution in [3.63, 3.8) is 0 Å². The Morgan fingerprint density at radius 1 is 0.833 bits per heavy atom. The van der Waals surface area contributed by atoms with Crippen LogP contribution in [0.1, 0.15) is 5.69 Å². The SMILES string of the molecule is c1ccc(OCc2cnc3ccccc3n2)cc1. The van der Waals surface area contributed by atoms with E-state index in [-0.39, 0.29) is 0 Å².